The van der Waals surface area contributed by atoms with Gasteiger partial charge in [-0.05, 0) is 56.7 Å². The van der Waals surface area contributed by atoms with Gasteiger partial charge in [-0.15, -0.1) is 11.3 Å². The van der Waals surface area contributed by atoms with E-state index in [1.54, 1.807) is 51.1 Å². The molecule has 1 atom stereocenters. The summed E-state index contributed by atoms with van der Waals surface area (Å²) in [6.45, 7) is 5.35. The van der Waals surface area contributed by atoms with Crippen LogP contribution in [0.1, 0.15) is 49.3 Å². The number of phenolic OH excluding ortho intramolecular Hbond substituents is 1. The first-order valence-electron chi connectivity index (χ1n) is 10.5. The fourth-order valence-electron chi connectivity index (χ4n) is 3.94. The number of thiazole rings is 1. The number of hydrogen-bond donors (Lipinski definition) is 2. The van der Waals surface area contributed by atoms with Crippen LogP contribution in [0.15, 0.2) is 59.9 Å². The van der Waals surface area contributed by atoms with Crippen molar-refractivity contribution in [3.8, 4) is 5.75 Å². The van der Waals surface area contributed by atoms with Crippen molar-refractivity contribution in [3.05, 3.63) is 86.6 Å². The molecular weight excluding hydrogens is 456 g/mol. The van der Waals surface area contributed by atoms with E-state index in [1.807, 2.05) is 0 Å². The highest BCUT2D eigenvalue weighted by Crippen LogP contribution is 2.43. The zero-order valence-electron chi connectivity index (χ0n) is 18.7. The summed E-state index contributed by atoms with van der Waals surface area (Å²) in [4.78, 5) is 45.0. The number of carbonyl (C=O) groups excluding carboxylic acids is 3. The number of amides is 1. The molecule has 1 aromatic heterocycles. The molecule has 174 valence electrons. The van der Waals surface area contributed by atoms with E-state index < -0.39 is 29.5 Å². The number of phenols is 1. The van der Waals surface area contributed by atoms with Crippen molar-refractivity contribution in [2.24, 2.45) is 0 Å². The van der Waals surface area contributed by atoms with Crippen molar-refractivity contribution in [3.63, 3.8) is 0 Å². The van der Waals surface area contributed by atoms with Crippen LogP contribution in [0.2, 0.25) is 0 Å². The summed E-state index contributed by atoms with van der Waals surface area (Å²) in [5, 5.41) is 21.3. The summed E-state index contributed by atoms with van der Waals surface area (Å²) in [6.07, 6.45) is 0. The Kier molecular flexibility index (Phi) is 6.21. The monoisotopic (exact) mass is 478 g/mol. The molecule has 1 aliphatic rings. The zero-order valence-corrected chi connectivity index (χ0v) is 19.5. The third kappa shape index (κ3) is 4.06. The molecule has 0 fully saturated rings. The molecule has 3 aromatic rings. The molecule has 4 rings (SSSR count). The van der Waals surface area contributed by atoms with Gasteiger partial charge < -0.3 is 14.9 Å². The van der Waals surface area contributed by atoms with E-state index in [9.17, 15) is 24.6 Å². The number of aromatic hydroxyl groups is 1. The van der Waals surface area contributed by atoms with Gasteiger partial charge in [0.15, 0.2) is 5.76 Å². The van der Waals surface area contributed by atoms with Crippen LogP contribution in [0.5, 0.6) is 5.75 Å². The number of benzene rings is 2. The predicted molar refractivity (Wildman–Crippen MR) is 126 cm³/mol. The number of ether oxygens (including phenoxy) is 1. The van der Waals surface area contributed by atoms with Gasteiger partial charge in [-0.2, -0.15) is 0 Å². The molecule has 0 radical (unpaired) electrons. The van der Waals surface area contributed by atoms with Gasteiger partial charge in [0.05, 0.1) is 39.4 Å². The molecule has 1 unspecified atom stereocenters. The number of nitrogens with zero attached hydrogens (tertiary/aromatic N) is 2. The first kappa shape index (κ1) is 23.2. The number of rotatable bonds is 6. The summed E-state index contributed by atoms with van der Waals surface area (Å²) in [7, 11) is 0. The lowest BCUT2D eigenvalue weighted by molar-refractivity contribution is -0.117. The van der Waals surface area contributed by atoms with Crippen LogP contribution in [0, 0.1) is 13.8 Å². The first-order valence-corrected chi connectivity index (χ1v) is 11.4. The van der Waals surface area contributed by atoms with Crippen LogP contribution in [-0.4, -0.2) is 39.5 Å². The number of aryl methyl sites for hydroxylation is 2. The molecule has 9 heteroatoms. The number of aliphatic hydroxyl groups excluding tert-OH is 1. The Morgan fingerprint density at radius 1 is 1.12 bits per heavy atom. The molecule has 0 saturated carbocycles. The number of aromatic nitrogens is 1. The number of carbonyl (C=O) groups is 3. The molecule has 0 aliphatic carbocycles. The van der Waals surface area contributed by atoms with Gasteiger partial charge in [0.2, 0.25) is 5.78 Å². The lowest BCUT2D eigenvalue weighted by Crippen LogP contribution is -2.31. The Hall–Kier alpha value is -3.98. The van der Waals surface area contributed by atoms with Crippen LogP contribution in [-0.2, 0) is 9.53 Å². The molecule has 34 heavy (non-hydrogen) atoms. The van der Waals surface area contributed by atoms with Gasteiger partial charge in [0, 0.05) is 5.69 Å². The average molecular weight is 479 g/mol. The Bertz CT molecular complexity index is 1330. The highest BCUT2D eigenvalue weighted by atomic mass is 32.1. The fourth-order valence-corrected chi connectivity index (χ4v) is 4.81. The van der Waals surface area contributed by atoms with Gasteiger partial charge >= 0.3 is 5.97 Å². The lowest BCUT2D eigenvalue weighted by atomic mass is 9.94. The van der Waals surface area contributed by atoms with Crippen molar-refractivity contribution in [2.45, 2.75) is 26.8 Å². The van der Waals surface area contributed by atoms with Crippen molar-refractivity contribution >= 4 is 34.7 Å². The third-order valence-electron chi connectivity index (χ3n) is 5.41. The number of esters is 1. The standard InChI is InChI=1S/C25H22N2O6S/c1-4-33-25(32)16-6-5-7-17(12-16)27-20(15-8-10-18(28)11-9-15)19(22(30)24(27)31)21(29)23-13(2)26-14(3)34-23/h5-12,20,28,30H,4H2,1-3H3. The Labute approximate surface area is 199 Å². The molecule has 2 heterocycles. The first-order chi connectivity index (χ1) is 16.2. The highest BCUT2D eigenvalue weighted by molar-refractivity contribution is 7.14. The summed E-state index contributed by atoms with van der Waals surface area (Å²) in [5.41, 5.74) is 1.44. The van der Waals surface area contributed by atoms with Crippen molar-refractivity contribution in [1.29, 1.82) is 0 Å². The predicted octanol–water partition coefficient (Wildman–Crippen LogP) is 4.43. The molecule has 0 bridgehead atoms. The van der Waals surface area contributed by atoms with Gasteiger partial charge in [-0.3, -0.25) is 14.5 Å². The van der Waals surface area contributed by atoms with Gasteiger partial charge in [-0.1, -0.05) is 18.2 Å². The minimum Gasteiger partial charge on any atom is -0.508 e. The zero-order chi connectivity index (χ0) is 24.6. The Morgan fingerprint density at radius 2 is 1.82 bits per heavy atom. The van der Waals surface area contributed by atoms with Crippen molar-refractivity contribution in [1.82, 2.24) is 4.98 Å². The van der Waals surface area contributed by atoms with Crippen LogP contribution in [0.4, 0.5) is 5.69 Å². The van der Waals surface area contributed by atoms with Gasteiger partial charge in [-0.25, -0.2) is 9.78 Å². The number of Topliss-reactive ketones (excluding diaryl/α,β-unsaturated/α-hetero) is 1. The van der Waals surface area contributed by atoms with Crippen molar-refractivity contribution < 1.29 is 29.3 Å². The van der Waals surface area contributed by atoms with E-state index in [4.69, 9.17) is 4.74 Å². The topological polar surface area (TPSA) is 117 Å². The van der Waals surface area contributed by atoms with E-state index in [0.29, 0.717) is 26.8 Å². The van der Waals surface area contributed by atoms with Crippen LogP contribution in [0.3, 0.4) is 0 Å². The highest BCUT2D eigenvalue weighted by Gasteiger charge is 2.45. The smallest absolute Gasteiger partial charge is 0.338 e. The van der Waals surface area contributed by atoms with Crippen molar-refractivity contribution in [2.75, 3.05) is 11.5 Å². The number of aliphatic hydroxyl groups is 1. The molecule has 2 N–H and O–H groups in total. The van der Waals surface area contributed by atoms with E-state index in [0.717, 1.165) is 0 Å². The fraction of sp³-hybridized carbons (Fsp3) is 0.200. The molecule has 2 aromatic carbocycles. The second kappa shape index (κ2) is 9.11. The SMILES string of the molecule is CCOC(=O)c1cccc(N2C(=O)C(O)=C(C(=O)c3sc(C)nc3C)C2c2ccc(O)cc2)c1. The molecular formula is C25H22N2O6S. The Morgan fingerprint density at radius 3 is 2.44 bits per heavy atom. The summed E-state index contributed by atoms with van der Waals surface area (Å²) >= 11 is 1.18. The number of ketones is 1. The quantitative estimate of drug-likeness (QED) is 0.398. The maximum Gasteiger partial charge on any atom is 0.338 e. The second-order valence-corrected chi connectivity index (χ2v) is 8.88. The van der Waals surface area contributed by atoms with Crippen LogP contribution in [0.25, 0.3) is 0 Å². The molecule has 0 saturated heterocycles. The van der Waals surface area contributed by atoms with E-state index >= 15 is 0 Å². The summed E-state index contributed by atoms with van der Waals surface area (Å²) in [5.74, 6) is -2.49. The largest absolute Gasteiger partial charge is 0.508 e. The number of hydrogen-bond acceptors (Lipinski definition) is 8. The average Bonchev–Trinajstić information content (AvgIpc) is 3.29. The molecule has 0 spiro atoms. The normalized spacial score (nSPS) is 15.7. The van der Waals surface area contributed by atoms with E-state index in [-0.39, 0.29) is 23.5 Å². The molecule has 1 amide bonds. The molecule has 8 nitrogen and oxygen atoms in total. The maximum absolute atomic E-state index is 13.6. The third-order valence-corrected chi connectivity index (χ3v) is 6.48. The second-order valence-electron chi connectivity index (χ2n) is 7.68. The minimum atomic E-state index is -0.986. The lowest BCUT2D eigenvalue weighted by Gasteiger charge is -2.27. The summed E-state index contributed by atoms with van der Waals surface area (Å²) in [6, 6.07) is 11.3. The van der Waals surface area contributed by atoms with Gasteiger partial charge in [0.25, 0.3) is 5.91 Å². The summed E-state index contributed by atoms with van der Waals surface area (Å²) < 4.78 is 5.06. The van der Waals surface area contributed by atoms with E-state index in [1.165, 1.54) is 34.4 Å². The Balaban J connectivity index is 1.86. The number of anilines is 1. The van der Waals surface area contributed by atoms with Gasteiger partial charge in [0.1, 0.15) is 5.75 Å². The maximum atomic E-state index is 13.6. The molecule has 1 aliphatic heterocycles. The van der Waals surface area contributed by atoms with Crippen LogP contribution < -0.4 is 4.90 Å². The van der Waals surface area contributed by atoms with E-state index in [2.05, 4.69) is 4.98 Å². The van der Waals surface area contributed by atoms with Crippen LogP contribution >= 0.6 is 11.3 Å². The minimum absolute atomic E-state index is 0.0129.